The van der Waals surface area contributed by atoms with Gasteiger partial charge in [-0.2, -0.15) is 0 Å². The normalized spacial score (nSPS) is 26.8. The average molecular weight is 266 g/mol. The highest BCUT2D eigenvalue weighted by atomic mass is 32.1. The van der Waals surface area contributed by atoms with Crippen LogP contribution in [0.2, 0.25) is 0 Å². The fourth-order valence-corrected chi connectivity index (χ4v) is 3.72. The Labute approximate surface area is 113 Å². The number of nitrogens with zero attached hydrogens (tertiary/aromatic N) is 3. The summed E-state index contributed by atoms with van der Waals surface area (Å²) in [7, 11) is 0. The highest BCUT2D eigenvalue weighted by Crippen LogP contribution is 2.15. The Morgan fingerprint density at radius 1 is 1.39 bits per heavy atom. The lowest BCUT2D eigenvalue weighted by atomic mass is 10.2. The number of aromatic nitrogens is 1. The summed E-state index contributed by atoms with van der Waals surface area (Å²) in [5, 5.41) is 6.88. The molecule has 18 heavy (non-hydrogen) atoms. The van der Waals surface area contributed by atoms with E-state index < -0.39 is 0 Å². The van der Waals surface area contributed by atoms with Gasteiger partial charge in [0.1, 0.15) is 5.01 Å². The predicted molar refractivity (Wildman–Crippen MR) is 75.0 cm³/mol. The molecule has 0 spiro atoms. The fraction of sp³-hybridized carbons (Fsp3) is 0.769. The summed E-state index contributed by atoms with van der Waals surface area (Å²) in [6.07, 6.45) is 1.33. The molecule has 1 atom stereocenters. The first-order chi connectivity index (χ1) is 8.81. The monoisotopic (exact) mass is 266 g/mol. The van der Waals surface area contributed by atoms with Gasteiger partial charge in [-0.05, 0) is 19.9 Å². The van der Waals surface area contributed by atoms with Crippen LogP contribution in [0.15, 0.2) is 5.38 Å². The van der Waals surface area contributed by atoms with Gasteiger partial charge in [0.25, 0.3) is 0 Å². The van der Waals surface area contributed by atoms with Crippen LogP contribution in [0.3, 0.4) is 0 Å². The van der Waals surface area contributed by atoms with Gasteiger partial charge in [0.05, 0.1) is 6.54 Å². The Kier molecular flexibility index (Phi) is 3.94. The van der Waals surface area contributed by atoms with Crippen molar-refractivity contribution in [1.82, 2.24) is 20.1 Å². The lowest BCUT2D eigenvalue weighted by Crippen LogP contribution is -2.50. The summed E-state index contributed by atoms with van der Waals surface area (Å²) in [4.78, 5) is 9.75. The molecule has 0 aliphatic carbocycles. The van der Waals surface area contributed by atoms with Crippen molar-refractivity contribution in [1.29, 1.82) is 0 Å². The second kappa shape index (κ2) is 5.65. The fourth-order valence-electron chi connectivity index (χ4n) is 2.90. The predicted octanol–water partition coefficient (Wildman–Crippen LogP) is 0.931. The minimum Gasteiger partial charge on any atom is -0.315 e. The summed E-state index contributed by atoms with van der Waals surface area (Å²) in [6.45, 7) is 10.3. The van der Waals surface area contributed by atoms with Crippen LogP contribution in [-0.2, 0) is 6.54 Å². The summed E-state index contributed by atoms with van der Waals surface area (Å²) in [6, 6.07) is 0.786. The van der Waals surface area contributed by atoms with Crippen molar-refractivity contribution in [3.8, 4) is 0 Å². The standard InChI is InChI=1S/C13H22N4S/c1-11-10-18-13(15-11)9-16-4-6-17(7-5-16)12-2-3-14-8-12/h10,12,14H,2-9H2,1H3/t12-/m1/s1. The van der Waals surface area contributed by atoms with Gasteiger partial charge < -0.3 is 5.32 Å². The van der Waals surface area contributed by atoms with Crippen LogP contribution < -0.4 is 5.32 Å². The van der Waals surface area contributed by atoms with Gasteiger partial charge >= 0.3 is 0 Å². The first-order valence-electron chi connectivity index (χ1n) is 6.89. The number of piperazine rings is 1. The molecule has 0 radical (unpaired) electrons. The second-order valence-corrected chi connectivity index (χ2v) is 6.28. The van der Waals surface area contributed by atoms with E-state index >= 15 is 0 Å². The lowest BCUT2D eigenvalue weighted by molar-refractivity contribution is 0.0980. The van der Waals surface area contributed by atoms with Crippen molar-refractivity contribution in [3.05, 3.63) is 16.1 Å². The maximum Gasteiger partial charge on any atom is 0.107 e. The van der Waals surface area contributed by atoms with Crippen LogP contribution in [0.25, 0.3) is 0 Å². The van der Waals surface area contributed by atoms with E-state index in [-0.39, 0.29) is 0 Å². The van der Waals surface area contributed by atoms with E-state index in [4.69, 9.17) is 0 Å². The second-order valence-electron chi connectivity index (χ2n) is 5.34. The van der Waals surface area contributed by atoms with Crippen molar-refractivity contribution in [3.63, 3.8) is 0 Å². The third-order valence-corrected chi connectivity index (χ3v) is 4.93. The smallest absolute Gasteiger partial charge is 0.107 e. The Bertz CT molecular complexity index is 378. The van der Waals surface area contributed by atoms with E-state index in [1.54, 1.807) is 11.3 Å². The van der Waals surface area contributed by atoms with E-state index in [1.807, 2.05) is 0 Å². The Balaban J connectivity index is 1.47. The molecule has 0 unspecified atom stereocenters. The lowest BCUT2D eigenvalue weighted by Gasteiger charge is -2.37. The maximum absolute atomic E-state index is 4.55. The first kappa shape index (κ1) is 12.5. The van der Waals surface area contributed by atoms with E-state index in [1.165, 1.54) is 50.7 Å². The van der Waals surface area contributed by atoms with Gasteiger partial charge in [0.15, 0.2) is 0 Å². The van der Waals surface area contributed by atoms with Crippen LogP contribution in [0.5, 0.6) is 0 Å². The highest BCUT2D eigenvalue weighted by Gasteiger charge is 2.26. The van der Waals surface area contributed by atoms with Gasteiger partial charge in [0, 0.05) is 49.8 Å². The van der Waals surface area contributed by atoms with E-state index in [2.05, 4.69) is 32.4 Å². The molecule has 0 aromatic carbocycles. The SMILES string of the molecule is Cc1csc(CN2CCN([C@@H]3CCNC3)CC2)n1. The highest BCUT2D eigenvalue weighted by molar-refractivity contribution is 7.09. The number of thiazole rings is 1. The number of rotatable bonds is 3. The number of nitrogens with one attached hydrogen (secondary N) is 1. The van der Waals surface area contributed by atoms with Crippen molar-refractivity contribution < 1.29 is 0 Å². The molecule has 2 aliphatic heterocycles. The molecule has 2 saturated heterocycles. The first-order valence-corrected chi connectivity index (χ1v) is 7.77. The van der Waals surface area contributed by atoms with Crippen molar-refractivity contribution in [2.45, 2.75) is 25.9 Å². The van der Waals surface area contributed by atoms with Gasteiger partial charge in [-0.25, -0.2) is 4.98 Å². The Hall–Kier alpha value is -0.490. The number of aryl methyl sites for hydroxylation is 1. The van der Waals surface area contributed by atoms with E-state index in [9.17, 15) is 0 Å². The molecule has 0 bridgehead atoms. The summed E-state index contributed by atoms with van der Waals surface area (Å²) in [5.74, 6) is 0. The molecule has 5 heteroatoms. The molecule has 0 amide bonds. The molecular formula is C13H22N4S. The van der Waals surface area contributed by atoms with Crippen molar-refractivity contribution in [2.75, 3.05) is 39.3 Å². The topological polar surface area (TPSA) is 31.4 Å². The maximum atomic E-state index is 4.55. The third-order valence-electron chi connectivity index (χ3n) is 3.98. The zero-order valence-electron chi connectivity index (χ0n) is 11.1. The van der Waals surface area contributed by atoms with Gasteiger partial charge in [-0.1, -0.05) is 0 Å². The van der Waals surface area contributed by atoms with Gasteiger partial charge in [-0.15, -0.1) is 11.3 Å². The third kappa shape index (κ3) is 2.91. The van der Waals surface area contributed by atoms with Crippen LogP contribution in [0, 0.1) is 6.92 Å². The van der Waals surface area contributed by atoms with Gasteiger partial charge in [0.2, 0.25) is 0 Å². The Morgan fingerprint density at radius 2 is 2.22 bits per heavy atom. The summed E-state index contributed by atoms with van der Waals surface area (Å²) in [5.41, 5.74) is 1.16. The quantitative estimate of drug-likeness (QED) is 0.882. The minimum atomic E-state index is 0.786. The van der Waals surface area contributed by atoms with Crippen LogP contribution >= 0.6 is 11.3 Å². The molecule has 1 aromatic rings. The molecule has 100 valence electrons. The molecular weight excluding hydrogens is 244 g/mol. The minimum absolute atomic E-state index is 0.786. The Morgan fingerprint density at radius 3 is 2.83 bits per heavy atom. The molecule has 2 aliphatic rings. The van der Waals surface area contributed by atoms with E-state index in [0.29, 0.717) is 0 Å². The number of hydrogen-bond donors (Lipinski definition) is 1. The van der Waals surface area contributed by atoms with Gasteiger partial charge in [-0.3, -0.25) is 9.80 Å². The van der Waals surface area contributed by atoms with Crippen LogP contribution in [0.4, 0.5) is 0 Å². The number of hydrogen-bond acceptors (Lipinski definition) is 5. The zero-order chi connectivity index (χ0) is 12.4. The van der Waals surface area contributed by atoms with Crippen LogP contribution in [0.1, 0.15) is 17.1 Å². The molecule has 3 heterocycles. The molecule has 2 fully saturated rings. The molecule has 0 saturated carbocycles. The summed E-state index contributed by atoms with van der Waals surface area (Å²) >= 11 is 1.79. The molecule has 4 nitrogen and oxygen atoms in total. The summed E-state index contributed by atoms with van der Waals surface area (Å²) < 4.78 is 0. The molecule has 1 aromatic heterocycles. The van der Waals surface area contributed by atoms with Crippen molar-refractivity contribution >= 4 is 11.3 Å². The van der Waals surface area contributed by atoms with Crippen LogP contribution in [-0.4, -0.2) is 60.1 Å². The molecule has 3 rings (SSSR count). The largest absolute Gasteiger partial charge is 0.315 e. The zero-order valence-corrected chi connectivity index (χ0v) is 11.9. The molecule has 1 N–H and O–H groups in total. The van der Waals surface area contributed by atoms with Crippen molar-refractivity contribution in [2.24, 2.45) is 0 Å². The average Bonchev–Trinajstić information content (AvgIpc) is 3.02. The van der Waals surface area contributed by atoms with E-state index in [0.717, 1.165) is 18.3 Å².